The molecule has 0 amide bonds. The van der Waals surface area contributed by atoms with Crippen LogP contribution >= 0.6 is 11.8 Å². The first-order valence-electron chi connectivity index (χ1n) is 3.27. The standard InChI is InChI=1S/C5H8N2O2S2/c6-5-7-3-1-11(8,9)2-4(3)10-5/h3-4H,1-2H2,(H2,6,7)/t3-,4+/m0/s1. The minimum Gasteiger partial charge on any atom is -0.379 e. The maximum atomic E-state index is 11.0. The molecule has 2 aliphatic rings. The van der Waals surface area contributed by atoms with Gasteiger partial charge in [-0.15, -0.1) is 0 Å². The molecule has 0 aromatic carbocycles. The maximum Gasteiger partial charge on any atom is 0.154 e. The molecular formula is C5H8N2O2S2. The Labute approximate surface area is 69.2 Å². The number of nitrogens with zero attached hydrogens (tertiary/aromatic N) is 1. The second kappa shape index (κ2) is 2.13. The first kappa shape index (κ1) is 7.42. The SMILES string of the molecule is NC1=N[C@H]2CS(=O)(=O)C[C@H]2S1. The Bertz CT molecular complexity index is 308. The Balaban J connectivity index is 2.26. The first-order valence-corrected chi connectivity index (χ1v) is 5.97. The Kier molecular flexibility index (Phi) is 1.44. The summed E-state index contributed by atoms with van der Waals surface area (Å²) in [5.74, 6) is 0.428. The molecule has 0 saturated carbocycles. The smallest absolute Gasteiger partial charge is 0.154 e. The van der Waals surface area contributed by atoms with E-state index in [0.29, 0.717) is 5.17 Å². The minimum absolute atomic E-state index is 0.0648. The molecule has 0 unspecified atom stereocenters. The van der Waals surface area contributed by atoms with Gasteiger partial charge in [0.05, 0.1) is 17.5 Å². The lowest BCUT2D eigenvalue weighted by molar-refractivity contribution is 0.601. The molecule has 0 aromatic rings. The Morgan fingerprint density at radius 2 is 2.27 bits per heavy atom. The largest absolute Gasteiger partial charge is 0.379 e. The van der Waals surface area contributed by atoms with Gasteiger partial charge < -0.3 is 5.73 Å². The summed E-state index contributed by atoms with van der Waals surface area (Å²) in [6, 6.07) is -0.0648. The van der Waals surface area contributed by atoms with Crippen molar-refractivity contribution >= 4 is 26.8 Å². The summed E-state index contributed by atoms with van der Waals surface area (Å²) < 4.78 is 22.1. The molecule has 62 valence electrons. The zero-order chi connectivity index (χ0) is 8.06. The van der Waals surface area contributed by atoms with E-state index in [-0.39, 0.29) is 22.8 Å². The highest BCUT2D eigenvalue weighted by atomic mass is 32.2. The van der Waals surface area contributed by atoms with Gasteiger partial charge in [0.25, 0.3) is 0 Å². The van der Waals surface area contributed by atoms with Crippen LogP contribution in [-0.4, -0.2) is 36.4 Å². The Morgan fingerprint density at radius 3 is 2.91 bits per heavy atom. The van der Waals surface area contributed by atoms with Crippen LogP contribution in [0.25, 0.3) is 0 Å². The van der Waals surface area contributed by atoms with Crippen molar-refractivity contribution in [3.8, 4) is 0 Å². The van der Waals surface area contributed by atoms with Gasteiger partial charge in [-0.2, -0.15) is 0 Å². The molecule has 2 rings (SSSR count). The molecule has 1 fully saturated rings. The van der Waals surface area contributed by atoms with Gasteiger partial charge in [0, 0.05) is 5.25 Å². The summed E-state index contributed by atoms with van der Waals surface area (Å²) >= 11 is 1.39. The van der Waals surface area contributed by atoms with E-state index >= 15 is 0 Å². The van der Waals surface area contributed by atoms with Gasteiger partial charge >= 0.3 is 0 Å². The van der Waals surface area contributed by atoms with Crippen LogP contribution in [0.3, 0.4) is 0 Å². The summed E-state index contributed by atoms with van der Waals surface area (Å²) in [5, 5.41) is 0.634. The second-order valence-electron chi connectivity index (χ2n) is 2.77. The lowest BCUT2D eigenvalue weighted by atomic mass is 10.3. The third-order valence-corrected chi connectivity index (χ3v) is 4.90. The van der Waals surface area contributed by atoms with Crippen LogP contribution in [0.5, 0.6) is 0 Å². The van der Waals surface area contributed by atoms with Gasteiger partial charge in [-0.3, -0.25) is 4.99 Å². The number of nitrogens with two attached hydrogens (primary N) is 1. The predicted molar refractivity (Wildman–Crippen MR) is 45.4 cm³/mol. The van der Waals surface area contributed by atoms with Crippen LogP contribution in [0.15, 0.2) is 4.99 Å². The van der Waals surface area contributed by atoms with Crippen molar-refractivity contribution < 1.29 is 8.42 Å². The lowest BCUT2D eigenvalue weighted by Gasteiger charge is -1.99. The van der Waals surface area contributed by atoms with Crippen LogP contribution in [0.2, 0.25) is 0 Å². The van der Waals surface area contributed by atoms with Crippen molar-refractivity contribution in [1.29, 1.82) is 0 Å². The number of rotatable bonds is 0. The predicted octanol–water partition coefficient (Wildman–Crippen LogP) is -0.786. The molecule has 2 N–H and O–H groups in total. The van der Waals surface area contributed by atoms with E-state index in [2.05, 4.69) is 4.99 Å². The number of fused-ring (bicyclic) bond motifs is 1. The van der Waals surface area contributed by atoms with Crippen LogP contribution in [0, 0.1) is 0 Å². The van der Waals surface area contributed by atoms with E-state index in [1.807, 2.05) is 0 Å². The van der Waals surface area contributed by atoms with Crippen LogP contribution in [-0.2, 0) is 9.84 Å². The van der Waals surface area contributed by atoms with E-state index < -0.39 is 9.84 Å². The molecule has 11 heavy (non-hydrogen) atoms. The second-order valence-corrected chi connectivity index (χ2v) is 6.18. The van der Waals surface area contributed by atoms with Crippen LogP contribution in [0.4, 0.5) is 0 Å². The topological polar surface area (TPSA) is 72.5 Å². The third-order valence-electron chi connectivity index (χ3n) is 1.84. The average Bonchev–Trinajstić information content (AvgIpc) is 2.17. The normalized spacial score (nSPS) is 40.2. The number of amidine groups is 1. The van der Waals surface area contributed by atoms with Gasteiger partial charge in [-0.1, -0.05) is 11.8 Å². The molecule has 0 aromatic heterocycles. The van der Waals surface area contributed by atoms with E-state index in [1.54, 1.807) is 0 Å². The molecule has 2 atom stereocenters. The highest BCUT2D eigenvalue weighted by Gasteiger charge is 2.41. The summed E-state index contributed by atoms with van der Waals surface area (Å²) in [6.45, 7) is 0. The number of hydrogen-bond donors (Lipinski definition) is 1. The minimum atomic E-state index is -2.81. The highest BCUT2D eigenvalue weighted by Crippen LogP contribution is 2.32. The van der Waals surface area contributed by atoms with E-state index in [4.69, 9.17) is 5.73 Å². The number of aliphatic imine (C=N–C) groups is 1. The summed E-state index contributed by atoms with van der Waals surface area (Å²) in [7, 11) is -2.81. The summed E-state index contributed by atoms with van der Waals surface area (Å²) in [4.78, 5) is 4.02. The summed E-state index contributed by atoms with van der Waals surface area (Å²) in [5.41, 5.74) is 5.43. The molecule has 2 heterocycles. The van der Waals surface area contributed by atoms with Crippen molar-refractivity contribution in [2.45, 2.75) is 11.3 Å². The molecule has 0 aliphatic carbocycles. The quantitative estimate of drug-likeness (QED) is 0.546. The fourth-order valence-electron chi connectivity index (χ4n) is 1.38. The fraction of sp³-hybridized carbons (Fsp3) is 0.800. The van der Waals surface area contributed by atoms with Gasteiger partial charge in [0.1, 0.15) is 0 Å². The molecule has 0 radical (unpaired) electrons. The van der Waals surface area contributed by atoms with Gasteiger partial charge in [0.15, 0.2) is 15.0 Å². The molecule has 1 saturated heterocycles. The zero-order valence-corrected chi connectivity index (χ0v) is 7.36. The van der Waals surface area contributed by atoms with Gasteiger partial charge in [0.2, 0.25) is 0 Å². The lowest BCUT2D eigenvalue weighted by Crippen LogP contribution is -2.13. The molecule has 4 nitrogen and oxygen atoms in total. The van der Waals surface area contributed by atoms with Gasteiger partial charge in [-0.25, -0.2) is 8.42 Å². The van der Waals surface area contributed by atoms with Crippen LogP contribution in [0.1, 0.15) is 0 Å². The molecule has 2 aliphatic heterocycles. The first-order chi connectivity index (χ1) is 5.07. The average molecular weight is 192 g/mol. The van der Waals surface area contributed by atoms with Crippen molar-refractivity contribution in [3.05, 3.63) is 0 Å². The fourth-order valence-corrected chi connectivity index (χ4v) is 4.90. The monoisotopic (exact) mass is 192 g/mol. The third kappa shape index (κ3) is 1.24. The van der Waals surface area contributed by atoms with E-state index in [9.17, 15) is 8.42 Å². The van der Waals surface area contributed by atoms with Crippen molar-refractivity contribution in [1.82, 2.24) is 0 Å². The van der Waals surface area contributed by atoms with E-state index in [1.165, 1.54) is 11.8 Å². The molecule has 0 spiro atoms. The van der Waals surface area contributed by atoms with E-state index in [0.717, 1.165) is 0 Å². The number of hydrogen-bond acceptors (Lipinski definition) is 5. The van der Waals surface area contributed by atoms with Crippen molar-refractivity contribution in [2.75, 3.05) is 11.5 Å². The molecule has 6 heteroatoms. The Hall–Kier alpha value is -0.230. The zero-order valence-electron chi connectivity index (χ0n) is 5.73. The van der Waals surface area contributed by atoms with Gasteiger partial charge in [-0.05, 0) is 0 Å². The maximum absolute atomic E-state index is 11.0. The number of sulfone groups is 1. The van der Waals surface area contributed by atoms with Crippen LogP contribution < -0.4 is 5.73 Å². The molecular weight excluding hydrogens is 184 g/mol. The highest BCUT2D eigenvalue weighted by molar-refractivity contribution is 8.15. The van der Waals surface area contributed by atoms with Crippen molar-refractivity contribution in [2.24, 2.45) is 10.7 Å². The summed E-state index contributed by atoms with van der Waals surface area (Å²) in [6.07, 6.45) is 0. The number of thioether (sulfide) groups is 1. The van der Waals surface area contributed by atoms with Crippen molar-refractivity contribution in [3.63, 3.8) is 0 Å². The molecule has 0 bridgehead atoms. The Morgan fingerprint density at radius 1 is 1.55 bits per heavy atom.